The van der Waals surface area contributed by atoms with E-state index in [-0.39, 0.29) is 17.7 Å². The molecule has 0 spiro atoms. The molecule has 0 unspecified atom stereocenters. The molecule has 142 valence electrons. The Kier molecular flexibility index (Phi) is 4.80. The van der Waals surface area contributed by atoms with Crippen LogP contribution in [0.25, 0.3) is 11.0 Å². The van der Waals surface area contributed by atoms with E-state index in [2.05, 4.69) is 26.8 Å². The molecule has 3 aromatic heterocycles. The lowest BCUT2D eigenvalue weighted by atomic mass is 10.00. The highest BCUT2D eigenvalue weighted by Gasteiger charge is 2.37. The summed E-state index contributed by atoms with van der Waals surface area (Å²) in [5, 5.41) is 8.81. The van der Waals surface area contributed by atoms with Crippen molar-refractivity contribution in [2.45, 2.75) is 39.0 Å². The highest BCUT2D eigenvalue weighted by atomic mass is 16.5. The molecule has 1 aliphatic rings. The molecular weight excluding hydrogens is 354 g/mol. The molecule has 1 N–H and O–H groups in total. The fourth-order valence-electron chi connectivity index (χ4n) is 3.43. The Morgan fingerprint density at radius 2 is 2.18 bits per heavy atom. The summed E-state index contributed by atoms with van der Waals surface area (Å²) in [6, 6.07) is 9.52. The second kappa shape index (κ2) is 7.41. The average molecular weight is 375 g/mol. The first kappa shape index (κ1) is 18.1. The van der Waals surface area contributed by atoms with Gasteiger partial charge in [-0.3, -0.25) is 14.7 Å². The molecule has 4 rings (SSSR count). The van der Waals surface area contributed by atoms with Gasteiger partial charge in [0.25, 0.3) is 5.56 Å². The summed E-state index contributed by atoms with van der Waals surface area (Å²) in [7, 11) is 0. The molecule has 0 saturated carbocycles. The van der Waals surface area contributed by atoms with Crippen LogP contribution >= 0.6 is 0 Å². The fraction of sp³-hybridized carbons (Fsp3) is 0.333. The first-order chi connectivity index (χ1) is 13.6. The number of aromatic amines is 1. The molecule has 7 nitrogen and oxygen atoms in total. The van der Waals surface area contributed by atoms with Crippen LogP contribution < -0.4 is 10.3 Å². The summed E-state index contributed by atoms with van der Waals surface area (Å²) >= 11 is 0. The van der Waals surface area contributed by atoms with Crippen LogP contribution in [0.2, 0.25) is 0 Å². The van der Waals surface area contributed by atoms with Crippen molar-refractivity contribution in [2.75, 3.05) is 6.54 Å². The van der Waals surface area contributed by atoms with Crippen LogP contribution in [0.1, 0.15) is 30.7 Å². The van der Waals surface area contributed by atoms with Crippen molar-refractivity contribution >= 4 is 11.0 Å². The zero-order chi connectivity index (χ0) is 19.7. The molecule has 0 bridgehead atoms. The minimum Gasteiger partial charge on any atom is -0.486 e. The molecule has 7 heteroatoms. The molecule has 28 heavy (non-hydrogen) atoms. The largest absolute Gasteiger partial charge is 0.486 e. The maximum absolute atomic E-state index is 12.0. The smallest absolute Gasteiger partial charge is 0.251 e. The lowest BCUT2D eigenvalue weighted by Crippen LogP contribution is -2.60. The van der Waals surface area contributed by atoms with Gasteiger partial charge < -0.3 is 9.72 Å². The van der Waals surface area contributed by atoms with Gasteiger partial charge in [0.05, 0.1) is 17.2 Å². The number of nitriles is 1. The minimum atomic E-state index is -0.0456. The number of ether oxygens (including phenoxy) is 1. The topological polar surface area (TPSA) is 94.9 Å². The van der Waals surface area contributed by atoms with Crippen LogP contribution in [0.3, 0.4) is 0 Å². The van der Waals surface area contributed by atoms with Crippen LogP contribution in [0, 0.1) is 11.3 Å². The Morgan fingerprint density at radius 1 is 1.32 bits per heavy atom. The van der Waals surface area contributed by atoms with Crippen LogP contribution in [0.4, 0.5) is 0 Å². The fourth-order valence-corrected chi connectivity index (χ4v) is 3.43. The number of H-pyrrole nitrogens is 1. The van der Waals surface area contributed by atoms with Crippen molar-refractivity contribution in [1.82, 2.24) is 19.9 Å². The van der Waals surface area contributed by atoms with Crippen molar-refractivity contribution in [1.29, 1.82) is 5.26 Å². The van der Waals surface area contributed by atoms with Gasteiger partial charge in [0.1, 0.15) is 23.6 Å². The molecular formula is C21H21N5O2. The number of hydrogen-bond donors (Lipinski definition) is 1. The summed E-state index contributed by atoms with van der Waals surface area (Å²) < 4.78 is 5.96. The summed E-state index contributed by atoms with van der Waals surface area (Å²) in [6.07, 6.45) is 4.22. The number of pyridine rings is 3. The number of nitrogens with zero attached hydrogens (tertiary/aromatic N) is 4. The van der Waals surface area contributed by atoms with E-state index in [1.54, 1.807) is 18.3 Å². The van der Waals surface area contributed by atoms with Gasteiger partial charge in [-0.25, -0.2) is 4.98 Å². The second-order valence-corrected chi connectivity index (χ2v) is 7.07. The SMILES string of the molecule is CCc1cc2ncc(CN3C[C@H](Oc4ccc(C#N)nc4)[C@H]3C)cc2[nH]c1=O. The van der Waals surface area contributed by atoms with Gasteiger partial charge in [0.2, 0.25) is 0 Å². The van der Waals surface area contributed by atoms with E-state index in [9.17, 15) is 4.79 Å². The zero-order valence-electron chi connectivity index (χ0n) is 15.8. The third-order valence-electron chi connectivity index (χ3n) is 5.26. The number of fused-ring (bicyclic) bond motifs is 1. The van der Waals surface area contributed by atoms with E-state index in [4.69, 9.17) is 10.00 Å². The van der Waals surface area contributed by atoms with Gasteiger partial charge in [0.15, 0.2) is 0 Å². The van der Waals surface area contributed by atoms with Gasteiger partial charge in [-0.1, -0.05) is 6.92 Å². The Morgan fingerprint density at radius 3 is 2.86 bits per heavy atom. The molecule has 1 aliphatic heterocycles. The third kappa shape index (κ3) is 3.47. The molecule has 0 radical (unpaired) electrons. The van der Waals surface area contributed by atoms with Crippen molar-refractivity contribution in [3.8, 4) is 11.8 Å². The number of aryl methyl sites for hydroxylation is 1. The standard InChI is InChI=1S/C21H21N5O2/c1-3-15-7-18-19(25-21(15)27)6-14(9-24-18)11-26-12-20(13(26)2)28-17-5-4-16(8-22)23-10-17/h4-7,9-10,13,20H,3,11-12H2,1-2H3,(H,25,27)/t13-,20+/m1/s1. The van der Waals surface area contributed by atoms with Crippen LogP contribution in [0.5, 0.6) is 5.75 Å². The molecule has 1 fully saturated rings. The summed E-state index contributed by atoms with van der Waals surface area (Å²) in [5.41, 5.74) is 3.72. The maximum atomic E-state index is 12.0. The quantitative estimate of drug-likeness (QED) is 0.736. The van der Waals surface area contributed by atoms with E-state index < -0.39 is 0 Å². The van der Waals surface area contributed by atoms with Crippen molar-refractivity contribution < 1.29 is 4.74 Å². The second-order valence-electron chi connectivity index (χ2n) is 7.07. The van der Waals surface area contributed by atoms with E-state index in [0.29, 0.717) is 17.9 Å². The van der Waals surface area contributed by atoms with Crippen LogP contribution in [-0.2, 0) is 13.0 Å². The molecule has 0 aromatic carbocycles. The molecule has 1 saturated heterocycles. The van der Waals surface area contributed by atoms with Crippen molar-refractivity contribution in [2.24, 2.45) is 0 Å². The predicted octanol–water partition coefficient (Wildman–Crippen LogP) is 2.40. The van der Waals surface area contributed by atoms with Gasteiger partial charge in [-0.15, -0.1) is 0 Å². The number of rotatable bonds is 5. The first-order valence-electron chi connectivity index (χ1n) is 9.35. The number of aromatic nitrogens is 3. The lowest BCUT2D eigenvalue weighted by molar-refractivity contribution is -0.0415. The Hall–Kier alpha value is -3.24. The van der Waals surface area contributed by atoms with Crippen LogP contribution in [0.15, 0.2) is 41.5 Å². The summed E-state index contributed by atoms with van der Waals surface area (Å²) in [4.78, 5) is 25.8. The maximum Gasteiger partial charge on any atom is 0.251 e. The molecule has 3 aromatic rings. The Labute approximate surface area is 162 Å². The van der Waals surface area contributed by atoms with Gasteiger partial charge in [0, 0.05) is 30.9 Å². The monoisotopic (exact) mass is 375 g/mol. The summed E-state index contributed by atoms with van der Waals surface area (Å²) in [5.74, 6) is 0.673. The van der Waals surface area contributed by atoms with E-state index in [0.717, 1.165) is 35.2 Å². The molecule has 2 atom stereocenters. The van der Waals surface area contributed by atoms with E-state index in [1.165, 1.54) is 0 Å². The van der Waals surface area contributed by atoms with Crippen LogP contribution in [-0.4, -0.2) is 38.5 Å². The van der Waals surface area contributed by atoms with Crippen molar-refractivity contribution in [3.05, 3.63) is 63.8 Å². The minimum absolute atomic E-state index is 0.0456. The number of hydrogen-bond acceptors (Lipinski definition) is 6. The highest BCUT2D eigenvalue weighted by Crippen LogP contribution is 2.26. The Balaban J connectivity index is 1.41. The third-order valence-corrected chi connectivity index (χ3v) is 5.26. The summed E-state index contributed by atoms with van der Waals surface area (Å²) in [6.45, 7) is 5.62. The van der Waals surface area contributed by atoms with E-state index in [1.807, 2.05) is 31.3 Å². The number of nitrogens with one attached hydrogen (secondary N) is 1. The Bertz CT molecular complexity index is 1100. The van der Waals surface area contributed by atoms with E-state index >= 15 is 0 Å². The molecule has 0 amide bonds. The van der Waals surface area contributed by atoms with Crippen molar-refractivity contribution in [3.63, 3.8) is 0 Å². The lowest BCUT2D eigenvalue weighted by Gasteiger charge is -2.45. The zero-order valence-corrected chi connectivity index (χ0v) is 15.8. The number of likely N-dealkylation sites (tertiary alicyclic amines) is 1. The van der Waals surface area contributed by atoms with Gasteiger partial charge in [-0.05, 0) is 43.2 Å². The first-order valence-corrected chi connectivity index (χ1v) is 9.35. The molecule has 4 heterocycles. The predicted molar refractivity (Wildman–Crippen MR) is 105 cm³/mol. The normalized spacial score (nSPS) is 19.2. The highest BCUT2D eigenvalue weighted by molar-refractivity contribution is 5.74. The average Bonchev–Trinajstić information content (AvgIpc) is 2.72. The molecule has 0 aliphatic carbocycles. The van der Waals surface area contributed by atoms with Gasteiger partial charge >= 0.3 is 0 Å². The van der Waals surface area contributed by atoms with Gasteiger partial charge in [-0.2, -0.15) is 5.26 Å².